The lowest BCUT2D eigenvalue weighted by Gasteiger charge is -2.15. The first-order chi connectivity index (χ1) is 16.5. The van der Waals surface area contributed by atoms with Crippen LogP contribution in [0.5, 0.6) is 11.5 Å². The first-order valence-corrected chi connectivity index (χ1v) is 10.8. The van der Waals surface area contributed by atoms with Gasteiger partial charge >= 0.3 is 0 Å². The van der Waals surface area contributed by atoms with Crippen molar-refractivity contribution >= 4 is 22.1 Å². The van der Waals surface area contributed by atoms with Crippen LogP contribution in [0.25, 0.3) is 44.6 Å². The Kier molecular flexibility index (Phi) is 4.35. The summed E-state index contributed by atoms with van der Waals surface area (Å²) in [6.45, 7) is 3.84. The fourth-order valence-electron chi connectivity index (χ4n) is 4.17. The Hall–Kier alpha value is -4.72. The van der Waals surface area contributed by atoms with Crippen molar-refractivity contribution in [3.8, 4) is 34.0 Å². The summed E-state index contributed by atoms with van der Waals surface area (Å²) < 4.78 is 0. The lowest BCUT2D eigenvalue weighted by atomic mass is 9.97. The van der Waals surface area contributed by atoms with Gasteiger partial charge in [-0.05, 0) is 73.5 Å². The van der Waals surface area contributed by atoms with E-state index in [9.17, 15) is 10.2 Å². The van der Waals surface area contributed by atoms with E-state index < -0.39 is 0 Å². The number of phenolic OH excluding ortho intramolecular Hbond substituents is 2. The van der Waals surface area contributed by atoms with Crippen LogP contribution in [0.4, 0.5) is 0 Å². The van der Waals surface area contributed by atoms with Gasteiger partial charge in [0.15, 0.2) is 11.5 Å². The van der Waals surface area contributed by atoms with Gasteiger partial charge in [0.25, 0.3) is 0 Å². The molecule has 34 heavy (non-hydrogen) atoms. The molecule has 6 rings (SSSR count). The van der Waals surface area contributed by atoms with Gasteiger partial charge in [-0.2, -0.15) is 0 Å². The Bertz CT molecular complexity index is 1520. The van der Waals surface area contributed by atoms with Crippen molar-refractivity contribution in [2.45, 2.75) is 13.8 Å². The number of rotatable bonds is 3. The van der Waals surface area contributed by atoms with Gasteiger partial charge in [-0.1, -0.05) is 24.3 Å². The molecular formula is C26H20N6O2. The van der Waals surface area contributed by atoms with Gasteiger partial charge in [-0.3, -0.25) is 0 Å². The predicted molar refractivity (Wildman–Crippen MR) is 130 cm³/mol. The molecule has 2 aromatic heterocycles. The lowest BCUT2D eigenvalue weighted by molar-refractivity contribution is 0.461. The minimum absolute atomic E-state index is 0.0312. The summed E-state index contributed by atoms with van der Waals surface area (Å²) in [4.78, 5) is 2.85. The number of benzene rings is 4. The normalized spacial score (nSPS) is 11.5. The molecule has 0 amide bonds. The third-order valence-electron chi connectivity index (χ3n) is 5.76. The van der Waals surface area contributed by atoms with Crippen LogP contribution in [0.1, 0.15) is 11.1 Å². The number of aryl methyl sites for hydroxylation is 2. The molecule has 0 radical (unpaired) electrons. The van der Waals surface area contributed by atoms with Crippen LogP contribution >= 0.6 is 0 Å². The molecule has 0 atom stereocenters. The average Bonchev–Trinajstić information content (AvgIpc) is 3.45. The first-order valence-electron chi connectivity index (χ1n) is 10.8. The third-order valence-corrected chi connectivity index (χ3v) is 5.76. The second-order valence-corrected chi connectivity index (χ2v) is 8.32. The number of phenols is 2. The number of aromatic nitrogens is 6. The van der Waals surface area contributed by atoms with E-state index in [2.05, 4.69) is 20.4 Å². The molecule has 2 heterocycles. The van der Waals surface area contributed by atoms with Gasteiger partial charge in [0.1, 0.15) is 33.4 Å². The fraction of sp³-hybridized carbons (Fsp3) is 0.0769. The van der Waals surface area contributed by atoms with E-state index in [4.69, 9.17) is 0 Å². The number of hydrogen-bond acceptors (Lipinski definition) is 6. The van der Waals surface area contributed by atoms with Crippen LogP contribution in [0.15, 0.2) is 72.8 Å². The standard InChI is InChI=1S/C26H20N6O2/c1-15-11-17(25(33)23(13-15)31-27-19-7-3-4-8-20(19)28-31)18-12-16(2)14-24(26(18)34)32-29-21-9-5-6-10-22(21)30-32/h3-14,33-34H,1-2H3. The van der Waals surface area contributed by atoms with Crippen LogP contribution in [0.3, 0.4) is 0 Å². The molecule has 0 unspecified atom stereocenters. The largest absolute Gasteiger partial charge is 0.505 e. The zero-order valence-corrected chi connectivity index (χ0v) is 18.5. The maximum Gasteiger partial charge on any atom is 0.151 e. The molecule has 0 aliphatic heterocycles. The highest BCUT2D eigenvalue weighted by atomic mass is 16.3. The molecule has 0 spiro atoms. The van der Waals surface area contributed by atoms with Crippen LogP contribution in [-0.2, 0) is 0 Å². The molecule has 2 N–H and O–H groups in total. The Labute approximate surface area is 194 Å². The SMILES string of the molecule is Cc1cc(-c2cc(C)cc(-n3nc4ccccc4n3)c2O)c(O)c(-n2nc3ccccc3n2)c1. The fourth-order valence-corrected chi connectivity index (χ4v) is 4.17. The Balaban J connectivity index is 1.55. The average molecular weight is 448 g/mol. The zero-order chi connectivity index (χ0) is 23.4. The Morgan fingerprint density at radius 1 is 0.529 bits per heavy atom. The highest BCUT2D eigenvalue weighted by Gasteiger charge is 2.20. The predicted octanol–water partition coefficient (Wildman–Crippen LogP) is 4.85. The van der Waals surface area contributed by atoms with Crippen LogP contribution in [-0.4, -0.2) is 40.2 Å². The van der Waals surface area contributed by atoms with E-state index in [0.29, 0.717) is 22.5 Å². The second kappa shape index (κ2) is 7.41. The number of aromatic hydroxyl groups is 2. The molecule has 0 fully saturated rings. The van der Waals surface area contributed by atoms with Crippen LogP contribution < -0.4 is 0 Å². The summed E-state index contributed by atoms with van der Waals surface area (Å²) in [5.41, 5.74) is 6.46. The van der Waals surface area contributed by atoms with Gasteiger partial charge < -0.3 is 10.2 Å². The number of hydrogen-bond donors (Lipinski definition) is 2. The zero-order valence-electron chi connectivity index (χ0n) is 18.5. The summed E-state index contributed by atoms with van der Waals surface area (Å²) in [7, 11) is 0. The van der Waals surface area contributed by atoms with E-state index in [1.165, 1.54) is 9.59 Å². The Morgan fingerprint density at radius 2 is 0.853 bits per heavy atom. The summed E-state index contributed by atoms with van der Waals surface area (Å²) in [6.07, 6.45) is 0. The molecule has 0 aliphatic carbocycles. The molecular weight excluding hydrogens is 428 g/mol. The van der Waals surface area contributed by atoms with E-state index in [1.807, 2.05) is 86.6 Å². The van der Waals surface area contributed by atoms with Gasteiger partial charge in [0, 0.05) is 11.1 Å². The van der Waals surface area contributed by atoms with Gasteiger partial charge in [0.05, 0.1) is 0 Å². The van der Waals surface area contributed by atoms with Crippen LogP contribution in [0, 0.1) is 13.8 Å². The molecule has 8 heteroatoms. The minimum Gasteiger partial charge on any atom is -0.505 e. The highest BCUT2D eigenvalue weighted by molar-refractivity contribution is 5.83. The van der Waals surface area contributed by atoms with Crippen molar-refractivity contribution < 1.29 is 10.2 Å². The van der Waals surface area contributed by atoms with E-state index >= 15 is 0 Å². The third kappa shape index (κ3) is 3.15. The molecule has 4 aromatic carbocycles. The van der Waals surface area contributed by atoms with Crippen molar-refractivity contribution in [1.82, 2.24) is 30.0 Å². The summed E-state index contributed by atoms with van der Waals surface area (Å²) in [5, 5.41) is 40.6. The Morgan fingerprint density at radius 3 is 1.18 bits per heavy atom. The van der Waals surface area contributed by atoms with Gasteiger partial charge in [0.2, 0.25) is 0 Å². The van der Waals surface area contributed by atoms with Crippen molar-refractivity contribution in [1.29, 1.82) is 0 Å². The van der Waals surface area contributed by atoms with Gasteiger partial charge in [-0.15, -0.1) is 30.0 Å². The maximum atomic E-state index is 11.3. The van der Waals surface area contributed by atoms with Crippen molar-refractivity contribution in [2.75, 3.05) is 0 Å². The number of nitrogens with zero attached hydrogens (tertiary/aromatic N) is 6. The van der Waals surface area contributed by atoms with Crippen LogP contribution in [0.2, 0.25) is 0 Å². The van der Waals surface area contributed by atoms with E-state index in [0.717, 1.165) is 33.2 Å². The lowest BCUT2D eigenvalue weighted by Crippen LogP contribution is -2.03. The molecule has 6 aromatic rings. The molecule has 0 saturated carbocycles. The van der Waals surface area contributed by atoms with E-state index in [-0.39, 0.29) is 11.5 Å². The van der Waals surface area contributed by atoms with Gasteiger partial charge in [-0.25, -0.2) is 0 Å². The first kappa shape index (κ1) is 19.9. The van der Waals surface area contributed by atoms with E-state index in [1.54, 1.807) is 0 Å². The molecule has 8 nitrogen and oxygen atoms in total. The maximum absolute atomic E-state index is 11.3. The molecule has 0 bridgehead atoms. The summed E-state index contributed by atoms with van der Waals surface area (Å²) in [5.74, 6) is -0.0623. The highest BCUT2D eigenvalue weighted by Crippen LogP contribution is 2.42. The molecule has 166 valence electrons. The quantitative estimate of drug-likeness (QED) is 0.401. The summed E-state index contributed by atoms with van der Waals surface area (Å²) in [6, 6.07) is 22.3. The topological polar surface area (TPSA) is 102 Å². The number of fused-ring (bicyclic) bond motifs is 2. The molecule has 0 saturated heterocycles. The summed E-state index contributed by atoms with van der Waals surface area (Å²) >= 11 is 0. The van der Waals surface area contributed by atoms with Crippen molar-refractivity contribution in [3.63, 3.8) is 0 Å². The monoisotopic (exact) mass is 448 g/mol. The van der Waals surface area contributed by atoms with Crippen molar-refractivity contribution in [2.24, 2.45) is 0 Å². The molecule has 0 aliphatic rings. The van der Waals surface area contributed by atoms with Crippen molar-refractivity contribution in [3.05, 3.63) is 83.9 Å². The smallest absolute Gasteiger partial charge is 0.151 e. The minimum atomic E-state index is -0.0312. The second-order valence-electron chi connectivity index (χ2n) is 8.32.